The number of carbonyl (C=O) groups excluding carboxylic acids is 2. The zero-order chi connectivity index (χ0) is 20.4. The quantitative estimate of drug-likeness (QED) is 0.617. The molecule has 0 saturated heterocycles. The second-order valence-electron chi connectivity index (χ2n) is 6.33. The first-order valence-electron chi connectivity index (χ1n) is 8.51. The van der Waals surface area contributed by atoms with Crippen LogP contribution >= 0.6 is 15.9 Å². The number of carbonyl (C=O) groups is 2. The Hall–Kier alpha value is -3.00. The van der Waals surface area contributed by atoms with E-state index in [1.54, 1.807) is 23.7 Å². The molecule has 28 heavy (non-hydrogen) atoms. The van der Waals surface area contributed by atoms with E-state index in [1.807, 2.05) is 38.1 Å². The van der Waals surface area contributed by atoms with Crippen LogP contribution in [0.25, 0.3) is 5.69 Å². The number of methoxy groups -OCH3 is 1. The summed E-state index contributed by atoms with van der Waals surface area (Å²) in [7, 11) is 1.33. The average Bonchev–Trinajstić information content (AvgIpc) is 3.05. The van der Waals surface area contributed by atoms with E-state index in [4.69, 9.17) is 4.74 Å². The number of amides is 1. The molecule has 1 amide bonds. The van der Waals surface area contributed by atoms with E-state index in [0.717, 1.165) is 21.3 Å². The van der Waals surface area contributed by atoms with Crippen molar-refractivity contribution in [1.29, 1.82) is 0 Å². The van der Waals surface area contributed by atoms with Crippen LogP contribution in [0.4, 0.5) is 5.69 Å². The van der Waals surface area contributed by atoms with Crippen molar-refractivity contribution < 1.29 is 14.3 Å². The van der Waals surface area contributed by atoms with E-state index in [9.17, 15) is 9.59 Å². The lowest BCUT2D eigenvalue weighted by molar-refractivity contribution is 0.0599. The minimum atomic E-state index is -0.450. The zero-order valence-electron chi connectivity index (χ0n) is 15.9. The van der Waals surface area contributed by atoms with Crippen LogP contribution in [0.3, 0.4) is 0 Å². The molecule has 0 fully saturated rings. The Labute approximate surface area is 170 Å². The van der Waals surface area contributed by atoms with E-state index in [-0.39, 0.29) is 5.69 Å². The maximum absolute atomic E-state index is 12.7. The molecule has 0 aliphatic rings. The molecule has 8 heteroatoms. The van der Waals surface area contributed by atoms with Gasteiger partial charge >= 0.3 is 5.97 Å². The van der Waals surface area contributed by atoms with Crippen molar-refractivity contribution in [2.45, 2.75) is 20.8 Å². The molecule has 1 N–H and O–H groups in total. The fraction of sp³-hybridized carbons (Fsp3) is 0.200. The van der Waals surface area contributed by atoms with Gasteiger partial charge in [0, 0.05) is 10.2 Å². The minimum Gasteiger partial charge on any atom is -0.465 e. The van der Waals surface area contributed by atoms with E-state index in [0.29, 0.717) is 16.9 Å². The number of anilines is 1. The first-order chi connectivity index (χ1) is 13.3. The molecule has 0 saturated carbocycles. The number of aryl methyl sites for hydroxylation is 1. The maximum Gasteiger partial charge on any atom is 0.338 e. The van der Waals surface area contributed by atoms with Crippen LogP contribution in [0.15, 0.2) is 40.9 Å². The summed E-state index contributed by atoms with van der Waals surface area (Å²) < 4.78 is 7.31. The van der Waals surface area contributed by atoms with Crippen LogP contribution in [0.2, 0.25) is 0 Å². The van der Waals surface area contributed by atoms with Gasteiger partial charge in [0.1, 0.15) is 0 Å². The Morgan fingerprint density at radius 2 is 1.89 bits per heavy atom. The van der Waals surface area contributed by atoms with Gasteiger partial charge in [-0.3, -0.25) is 4.79 Å². The highest BCUT2D eigenvalue weighted by atomic mass is 79.9. The second kappa shape index (κ2) is 7.93. The second-order valence-corrected chi connectivity index (χ2v) is 7.24. The molecule has 0 aliphatic heterocycles. The number of rotatable bonds is 4. The molecular weight excluding hydrogens is 424 g/mol. The summed E-state index contributed by atoms with van der Waals surface area (Å²) in [6, 6.07) is 10.9. The number of halogens is 1. The highest BCUT2D eigenvalue weighted by Gasteiger charge is 2.19. The van der Waals surface area contributed by atoms with Gasteiger partial charge < -0.3 is 10.1 Å². The number of ether oxygens (including phenoxy) is 1. The molecule has 1 aromatic heterocycles. The van der Waals surface area contributed by atoms with Crippen LogP contribution in [-0.2, 0) is 4.74 Å². The number of nitrogens with one attached hydrogen (secondary N) is 1. The minimum absolute atomic E-state index is 0.206. The summed E-state index contributed by atoms with van der Waals surface area (Å²) in [4.78, 5) is 24.7. The monoisotopic (exact) mass is 442 g/mol. The van der Waals surface area contributed by atoms with E-state index < -0.39 is 11.9 Å². The Morgan fingerprint density at radius 3 is 2.57 bits per heavy atom. The Kier molecular flexibility index (Phi) is 5.60. The Bertz CT molecular complexity index is 1080. The third-order valence-corrected chi connectivity index (χ3v) is 4.99. The molecule has 3 aromatic rings. The van der Waals surface area contributed by atoms with Gasteiger partial charge in [0.25, 0.3) is 5.91 Å². The summed E-state index contributed by atoms with van der Waals surface area (Å²) in [5, 5.41) is 10.9. The molecule has 0 spiro atoms. The highest BCUT2D eigenvalue weighted by Crippen LogP contribution is 2.22. The predicted molar refractivity (Wildman–Crippen MR) is 109 cm³/mol. The van der Waals surface area contributed by atoms with Crippen molar-refractivity contribution in [3.05, 3.63) is 68.9 Å². The number of hydrogen-bond donors (Lipinski definition) is 1. The molecule has 144 valence electrons. The normalized spacial score (nSPS) is 10.6. The van der Waals surface area contributed by atoms with Crippen molar-refractivity contribution >= 4 is 33.5 Å². The Morgan fingerprint density at radius 1 is 1.14 bits per heavy atom. The summed E-state index contributed by atoms with van der Waals surface area (Å²) in [5.74, 6) is -0.855. The smallest absolute Gasteiger partial charge is 0.338 e. The summed E-state index contributed by atoms with van der Waals surface area (Å²) >= 11 is 3.42. The van der Waals surface area contributed by atoms with Crippen molar-refractivity contribution in [2.24, 2.45) is 0 Å². The first-order valence-corrected chi connectivity index (χ1v) is 9.30. The van der Waals surface area contributed by atoms with Crippen LogP contribution in [0.5, 0.6) is 0 Å². The van der Waals surface area contributed by atoms with Crippen LogP contribution in [0.1, 0.15) is 37.7 Å². The molecule has 2 aromatic carbocycles. The molecule has 1 heterocycles. The molecule has 0 atom stereocenters. The average molecular weight is 443 g/mol. The van der Waals surface area contributed by atoms with E-state index in [2.05, 4.69) is 31.6 Å². The zero-order valence-corrected chi connectivity index (χ0v) is 17.5. The van der Waals surface area contributed by atoms with Gasteiger partial charge in [-0.2, -0.15) is 0 Å². The molecule has 0 radical (unpaired) electrons. The topological polar surface area (TPSA) is 86.1 Å². The SMILES string of the molecule is COC(=O)c1cc(NC(=O)c2nnn(-c3cccc(Br)c3)c2C)cc(C)c1C. The lowest BCUT2D eigenvalue weighted by atomic mass is 10.0. The molecular formula is C20H19BrN4O3. The lowest BCUT2D eigenvalue weighted by Crippen LogP contribution is -2.15. The van der Waals surface area contributed by atoms with Gasteiger partial charge in [-0.15, -0.1) is 5.10 Å². The van der Waals surface area contributed by atoms with Crippen molar-refractivity contribution in [3.8, 4) is 5.69 Å². The van der Waals surface area contributed by atoms with Gasteiger partial charge in [-0.25, -0.2) is 9.48 Å². The third kappa shape index (κ3) is 3.82. The predicted octanol–water partition coefficient (Wildman–Crippen LogP) is 3.99. The van der Waals surface area contributed by atoms with Gasteiger partial charge in [0.2, 0.25) is 0 Å². The van der Waals surface area contributed by atoms with Crippen LogP contribution in [-0.4, -0.2) is 34.0 Å². The molecule has 7 nitrogen and oxygen atoms in total. The summed E-state index contributed by atoms with van der Waals surface area (Å²) in [6.45, 7) is 5.48. The van der Waals surface area contributed by atoms with Crippen molar-refractivity contribution in [3.63, 3.8) is 0 Å². The fourth-order valence-electron chi connectivity index (χ4n) is 2.84. The summed E-state index contributed by atoms with van der Waals surface area (Å²) in [5.41, 5.74) is 4.18. The molecule has 3 rings (SSSR count). The third-order valence-electron chi connectivity index (χ3n) is 4.49. The maximum atomic E-state index is 12.7. The summed E-state index contributed by atoms with van der Waals surface area (Å²) in [6.07, 6.45) is 0. The molecule has 0 unspecified atom stereocenters. The van der Waals surface area contributed by atoms with Crippen molar-refractivity contribution in [1.82, 2.24) is 15.0 Å². The Balaban J connectivity index is 1.90. The van der Waals surface area contributed by atoms with Crippen LogP contribution < -0.4 is 5.32 Å². The van der Waals surface area contributed by atoms with Gasteiger partial charge in [0.15, 0.2) is 5.69 Å². The highest BCUT2D eigenvalue weighted by molar-refractivity contribution is 9.10. The van der Waals surface area contributed by atoms with Crippen LogP contribution in [0, 0.1) is 20.8 Å². The largest absolute Gasteiger partial charge is 0.465 e. The molecule has 0 bridgehead atoms. The van der Waals surface area contributed by atoms with Gasteiger partial charge in [-0.05, 0) is 62.2 Å². The fourth-order valence-corrected chi connectivity index (χ4v) is 3.22. The van der Waals surface area contributed by atoms with E-state index >= 15 is 0 Å². The van der Waals surface area contributed by atoms with Crippen molar-refractivity contribution in [2.75, 3.05) is 12.4 Å². The number of nitrogens with zero attached hydrogens (tertiary/aromatic N) is 3. The first kappa shape index (κ1) is 19.8. The number of hydrogen-bond acceptors (Lipinski definition) is 5. The molecule has 0 aliphatic carbocycles. The number of aromatic nitrogens is 3. The lowest BCUT2D eigenvalue weighted by Gasteiger charge is -2.11. The number of benzene rings is 2. The number of esters is 1. The van der Waals surface area contributed by atoms with Gasteiger partial charge in [0.05, 0.1) is 24.1 Å². The van der Waals surface area contributed by atoms with Gasteiger partial charge in [-0.1, -0.05) is 27.2 Å². The standard InChI is InChI=1S/C20H19BrN4O3/c1-11-8-15(10-17(12(11)2)20(27)28-4)22-19(26)18-13(3)25(24-23-18)16-7-5-6-14(21)9-16/h5-10H,1-4H3,(H,22,26). The van der Waals surface area contributed by atoms with E-state index in [1.165, 1.54) is 7.11 Å².